The summed E-state index contributed by atoms with van der Waals surface area (Å²) in [6.45, 7) is 9.49. The van der Waals surface area contributed by atoms with Crippen LogP contribution in [0.1, 0.15) is 46.5 Å². The molecule has 0 aliphatic heterocycles. The molecule has 0 heterocycles. The summed E-state index contributed by atoms with van der Waals surface area (Å²) in [6.07, 6.45) is 5.29. The molecule has 2 heteroatoms. The number of unbranched alkanes of at least 4 members (excludes halogenated alkanes) is 2. The van der Waals surface area contributed by atoms with Crippen molar-refractivity contribution in [2.24, 2.45) is 0 Å². The van der Waals surface area contributed by atoms with Gasteiger partial charge in [-0.15, -0.1) is 0 Å². The van der Waals surface area contributed by atoms with E-state index in [-0.39, 0.29) is 0 Å². The zero-order valence-corrected chi connectivity index (χ0v) is 9.44. The minimum atomic E-state index is 0.414. The Balaban J connectivity index is 3.25. The molecule has 0 bridgehead atoms. The largest absolute Gasteiger partial charge is 0.377 e. The van der Waals surface area contributed by atoms with E-state index >= 15 is 0 Å². The zero-order chi connectivity index (χ0) is 9.94. The van der Waals surface area contributed by atoms with Crippen LogP contribution in [0.4, 0.5) is 0 Å². The maximum Gasteiger partial charge on any atom is 0.0696 e. The van der Waals surface area contributed by atoms with E-state index < -0.39 is 0 Å². The Kier molecular flexibility index (Phi) is 9.94. The van der Waals surface area contributed by atoms with Crippen molar-refractivity contribution in [1.82, 2.24) is 5.32 Å². The highest BCUT2D eigenvalue weighted by atomic mass is 16.5. The SMILES string of the molecule is CCCCCOC(CC)CNCC. The number of hydrogen-bond donors (Lipinski definition) is 1. The maximum absolute atomic E-state index is 5.73. The molecule has 1 N–H and O–H groups in total. The van der Waals surface area contributed by atoms with Crippen molar-refractivity contribution in [3.63, 3.8) is 0 Å². The topological polar surface area (TPSA) is 21.3 Å². The van der Waals surface area contributed by atoms with Crippen LogP contribution in [0, 0.1) is 0 Å². The van der Waals surface area contributed by atoms with Crippen LogP contribution in [-0.4, -0.2) is 25.8 Å². The summed E-state index contributed by atoms with van der Waals surface area (Å²) in [7, 11) is 0. The Labute approximate surface area is 83.1 Å². The van der Waals surface area contributed by atoms with E-state index in [1.165, 1.54) is 19.3 Å². The minimum absolute atomic E-state index is 0.414. The van der Waals surface area contributed by atoms with Gasteiger partial charge in [0.25, 0.3) is 0 Å². The van der Waals surface area contributed by atoms with Crippen LogP contribution in [0.2, 0.25) is 0 Å². The van der Waals surface area contributed by atoms with Crippen LogP contribution >= 0.6 is 0 Å². The molecule has 0 saturated heterocycles. The highest BCUT2D eigenvalue weighted by Crippen LogP contribution is 2.00. The van der Waals surface area contributed by atoms with Crippen LogP contribution in [0.5, 0.6) is 0 Å². The summed E-state index contributed by atoms with van der Waals surface area (Å²) in [6, 6.07) is 0. The number of hydrogen-bond acceptors (Lipinski definition) is 2. The summed E-state index contributed by atoms with van der Waals surface area (Å²) in [4.78, 5) is 0. The molecule has 0 amide bonds. The lowest BCUT2D eigenvalue weighted by atomic mass is 10.2. The molecular weight excluding hydrogens is 162 g/mol. The van der Waals surface area contributed by atoms with Gasteiger partial charge in [-0.1, -0.05) is 33.6 Å². The van der Waals surface area contributed by atoms with Gasteiger partial charge in [0.15, 0.2) is 0 Å². The molecule has 0 aromatic carbocycles. The van der Waals surface area contributed by atoms with Crippen molar-refractivity contribution in [2.75, 3.05) is 19.7 Å². The standard InChI is InChI=1S/C11H25NO/c1-4-7-8-9-13-11(5-2)10-12-6-3/h11-12H,4-10H2,1-3H3. The van der Waals surface area contributed by atoms with E-state index in [1.54, 1.807) is 0 Å². The Hall–Kier alpha value is -0.0800. The molecule has 0 radical (unpaired) electrons. The Morgan fingerprint density at radius 3 is 2.46 bits per heavy atom. The lowest BCUT2D eigenvalue weighted by Gasteiger charge is -2.16. The summed E-state index contributed by atoms with van der Waals surface area (Å²) in [5.41, 5.74) is 0. The smallest absolute Gasteiger partial charge is 0.0696 e. The second-order valence-corrected chi connectivity index (χ2v) is 3.42. The van der Waals surface area contributed by atoms with E-state index in [1.807, 2.05) is 0 Å². The van der Waals surface area contributed by atoms with Crippen LogP contribution in [0.25, 0.3) is 0 Å². The first kappa shape index (κ1) is 12.9. The molecule has 80 valence electrons. The third-order valence-corrected chi connectivity index (χ3v) is 2.18. The predicted molar refractivity (Wildman–Crippen MR) is 58.1 cm³/mol. The molecule has 0 saturated carbocycles. The van der Waals surface area contributed by atoms with Gasteiger partial charge in [-0.05, 0) is 19.4 Å². The molecule has 0 fully saturated rings. The van der Waals surface area contributed by atoms with Crippen molar-refractivity contribution in [3.05, 3.63) is 0 Å². The Bertz CT molecular complexity index is 96.1. The maximum atomic E-state index is 5.73. The second-order valence-electron chi connectivity index (χ2n) is 3.42. The van der Waals surface area contributed by atoms with E-state index in [0.29, 0.717) is 6.10 Å². The van der Waals surface area contributed by atoms with Crippen molar-refractivity contribution >= 4 is 0 Å². The predicted octanol–water partition coefficient (Wildman–Crippen LogP) is 2.58. The van der Waals surface area contributed by atoms with E-state index in [2.05, 4.69) is 26.1 Å². The zero-order valence-electron chi connectivity index (χ0n) is 9.44. The Morgan fingerprint density at radius 1 is 1.15 bits per heavy atom. The average molecular weight is 187 g/mol. The van der Waals surface area contributed by atoms with Crippen molar-refractivity contribution in [3.8, 4) is 0 Å². The van der Waals surface area contributed by atoms with Gasteiger partial charge in [-0.2, -0.15) is 0 Å². The van der Waals surface area contributed by atoms with Gasteiger partial charge < -0.3 is 10.1 Å². The molecule has 0 aromatic rings. The quantitative estimate of drug-likeness (QED) is 0.560. The third-order valence-electron chi connectivity index (χ3n) is 2.18. The van der Waals surface area contributed by atoms with Gasteiger partial charge >= 0.3 is 0 Å². The molecule has 0 aliphatic carbocycles. The van der Waals surface area contributed by atoms with Crippen molar-refractivity contribution < 1.29 is 4.74 Å². The first-order chi connectivity index (χ1) is 6.35. The fraction of sp³-hybridized carbons (Fsp3) is 1.00. The average Bonchev–Trinajstić information content (AvgIpc) is 2.17. The number of rotatable bonds is 9. The fourth-order valence-corrected chi connectivity index (χ4v) is 1.23. The highest BCUT2D eigenvalue weighted by molar-refractivity contribution is 4.58. The summed E-state index contributed by atoms with van der Waals surface area (Å²) in [5.74, 6) is 0. The first-order valence-corrected chi connectivity index (χ1v) is 5.67. The van der Waals surface area contributed by atoms with Gasteiger partial charge in [0.1, 0.15) is 0 Å². The molecule has 13 heavy (non-hydrogen) atoms. The Morgan fingerprint density at radius 2 is 1.92 bits per heavy atom. The molecular formula is C11H25NO. The van der Waals surface area contributed by atoms with E-state index in [4.69, 9.17) is 4.74 Å². The van der Waals surface area contributed by atoms with Gasteiger partial charge in [-0.3, -0.25) is 0 Å². The lowest BCUT2D eigenvalue weighted by Crippen LogP contribution is -2.28. The summed E-state index contributed by atoms with van der Waals surface area (Å²) in [5, 5.41) is 3.32. The van der Waals surface area contributed by atoms with Gasteiger partial charge in [-0.25, -0.2) is 0 Å². The number of likely N-dealkylation sites (N-methyl/N-ethyl adjacent to an activating group) is 1. The van der Waals surface area contributed by atoms with Gasteiger partial charge in [0.05, 0.1) is 6.10 Å². The minimum Gasteiger partial charge on any atom is -0.377 e. The van der Waals surface area contributed by atoms with Gasteiger partial charge in [0, 0.05) is 13.2 Å². The van der Waals surface area contributed by atoms with E-state index in [9.17, 15) is 0 Å². The summed E-state index contributed by atoms with van der Waals surface area (Å²) < 4.78 is 5.73. The van der Waals surface area contributed by atoms with Crippen LogP contribution < -0.4 is 5.32 Å². The van der Waals surface area contributed by atoms with Crippen molar-refractivity contribution in [2.45, 2.75) is 52.6 Å². The fourth-order valence-electron chi connectivity index (χ4n) is 1.23. The molecule has 1 unspecified atom stereocenters. The van der Waals surface area contributed by atoms with E-state index in [0.717, 1.165) is 26.1 Å². The third kappa shape index (κ3) is 8.26. The van der Waals surface area contributed by atoms with Crippen molar-refractivity contribution in [1.29, 1.82) is 0 Å². The normalized spacial score (nSPS) is 13.2. The molecule has 0 aliphatic rings. The second kappa shape index (κ2) is 10.0. The van der Waals surface area contributed by atoms with Crippen LogP contribution in [0.3, 0.4) is 0 Å². The van der Waals surface area contributed by atoms with Crippen LogP contribution in [-0.2, 0) is 4.74 Å². The molecule has 0 aromatic heterocycles. The molecule has 0 rings (SSSR count). The number of nitrogens with one attached hydrogen (secondary N) is 1. The number of ether oxygens (including phenoxy) is 1. The first-order valence-electron chi connectivity index (χ1n) is 5.67. The van der Waals surface area contributed by atoms with Crippen LogP contribution in [0.15, 0.2) is 0 Å². The summed E-state index contributed by atoms with van der Waals surface area (Å²) >= 11 is 0. The van der Waals surface area contributed by atoms with Gasteiger partial charge in [0.2, 0.25) is 0 Å². The lowest BCUT2D eigenvalue weighted by molar-refractivity contribution is 0.0487. The molecule has 0 spiro atoms. The molecule has 1 atom stereocenters. The monoisotopic (exact) mass is 187 g/mol. The molecule has 2 nitrogen and oxygen atoms in total. The highest BCUT2D eigenvalue weighted by Gasteiger charge is 2.04.